The normalized spacial score (nSPS) is 19.7. The molecule has 2 aromatic heterocycles. The first-order valence-corrected chi connectivity index (χ1v) is 9.94. The molecule has 1 atom stereocenters. The maximum absolute atomic E-state index is 13.0. The number of amides is 1. The van der Waals surface area contributed by atoms with Gasteiger partial charge in [0, 0.05) is 55.7 Å². The summed E-state index contributed by atoms with van der Waals surface area (Å²) >= 11 is 0. The molecule has 2 aromatic rings. The number of hydrogen-bond donors (Lipinski definition) is 1. The van der Waals surface area contributed by atoms with Crippen LogP contribution >= 0.6 is 0 Å². The maximum Gasteiger partial charge on any atom is 0.291 e. The molecule has 2 saturated heterocycles. The molecule has 4 heterocycles. The van der Waals surface area contributed by atoms with Gasteiger partial charge < -0.3 is 19.7 Å². The van der Waals surface area contributed by atoms with Gasteiger partial charge in [0.05, 0.1) is 5.92 Å². The number of hydrogen-bond acceptors (Lipinski definition) is 7. The number of carbonyl (C=O) groups excluding carboxylic acids is 1. The summed E-state index contributed by atoms with van der Waals surface area (Å²) in [6, 6.07) is 1.87. The van der Waals surface area contributed by atoms with Crippen LogP contribution in [-0.2, 0) is 0 Å². The number of likely N-dealkylation sites (tertiary alicyclic amines) is 1. The van der Waals surface area contributed by atoms with Crippen molar-refractivity contribution in [1.29, 1.82) is 0 Å². The van der Waals surface area contributed by atoms with E-state index in [1.54, 1.807) is 4.90 Å². The lowest BCUT2D eigenvalue weighted by molar-refractivity contribution is 0.0581. The van der Waals surface area contributed by atoms with Crippen LogP contribution in [0.3, 0.4) is 0 Å². The van der Waals surface area contributed by atoms with Crippen molar-refractivity contribution in [2.75, 3.05) is 45.2 Å². The van der Waals surface area contributed by atoms with E-state index in [0.29, 0.717) is 25.0 Å². The highest BCUT2D eigenvalue weighted by Crippen LogP contribution is 2.28. The maximum atomic E-state index is 13.0. The quantitative estimate of drug-likeness (QED) is 0.805. The molecular formula is C20H27N7O2. The molecule has 0 bridgehead atoms. The summed E-state index contributed by atoms with van der Waals surface area (Å²) in [6.45, 7) is 6.77. The van der Waals surface area contributed by atoms with E-state index in [9.17, 15) is 9.59 Å². The van der Waals surface area contributed by atoms with Crippen LogP contribution in [0.4, 0.5) is 5.82 Å². The summed E-state index contributed by atoms with van der Waals surface area (Å²) in [4.78, 5) is 46.7. The standard InChI is InChI=1S/C20H27N7O2/c1-12-13(2)22-18(24-19(12)26-8-6-15(11-26)25(3)4)20(29)27-9-14(10-27)17-21-7-5-16(28)23-17/h5,7,14-15H,6,8-11H2,1-4H3,(H,21,23,28)/t15-/m1/s1. The fourth-order valence-electron chi connectivity index (χ4n) is 3.92. The summed E-state index contributed by atoms with van der Waals surface area (Å²) in [5.41, 5.74) is 1.68. The molecular weight excluding hydrogens is 370 g/mol. The molecule has 2 aliphatic heterocycles. The van der Waals surface area contributed by atoms with Crippen LogP contribution in [0.25, 0.3) is 0 Å². The minimum Gasteiger partial charge on any atom is -0.355 e. The van der Waals surface area contributed by atoms with Gasteiger partial charge in [-0.05, 0) is 34.4 Å². The summed E-state index contributed by atoms with van der Waals surface area (Å²) in [7, 11) is 4.19. The Morgan fingerprint density at radius 2 is 1.97 bits per heavy atom. The van der Waals surface area contributed by atoms with E-state index in [4.69, 9.17) is 0 Å². The first-order valence-electron chi connectivity index (χ1n) is 9.94. The Kier molecular flexibility index (Phi) is 5.08. The van der Waals surface area contributed by atoms with Crippen molar-refractivity contribution in [3.8, 4) is 0 Å². The van der Waals surface area contributed by atoms with E-state index in [1.807, 2.05) is 13.8 Å². The minimum atomic E-state index is -0.177. The highest BCUT2D eigenvalue weighted by atomic mass is 16.2. The molecule has 0 aromatic carbocycles. The van der Waals surface area contributed by atoms with Gasteiger partial charge >= 0.3 is 0 Å². The lowest BCUT2D eigenvalue weighted by atomic mass is 9.99. The van der Waals surface area contributed by atoms with Gasteiger partial charge in [-0.25, -0.2) is 15.0 Å². The van der Waals surface area contributed by atoms with Crippen molar-refractivity contribution < 1.29 is 4.79 Å². The lowest BCUT2D eigenvalue weighted by Crippen LogP contribution is -2.49. The number of carbonyl (C=O) groups is 1. The Hall–Kier alpha value is -2.81. The van der Waals surface area contributed by atoms with Crippen LogP contribution in [0.15, 0.2) is 17.1 Å². The van der Waals surface area contributed by atoms with Crippen LogP contribution in [-0.4, -0.2) is 82.0 Å². The topological polar surface area (TPSA) is 98.3 Å². The fourth-order valence-corrected chi connectivity index (χ4v) is 3.92. The summed E-state index contributed by atoms with van der Waals surface area (Å²) in [6.07, 6.45) is 2.57. The van der Waals surface area contributed by atoms with E-state index in [-0.39, 0.29) is 23.2 Å². The highest BCUT2D eigenvalue weighted by Gasteiger charge is 2.36. The van der Waals surface area contributed by atoms with E-state index >= 15 is 0 Å². The molecule has 4 rings (SSSR count). The zero-order chi connectivity index (χ0) is 20.7. The number of nitrogens with one attached hydrogen (secondary N) is 1. The SMILES string of the molecule is Cc1nc(C(=O)N2CC(c3nccc(=O)[nH]3)C2)nc(N2CC[C@@H](N(C)C)C2)c1C. The monoisotopic (exact) mass is 397 g/mol. The van der Waals surface area contributed by atoms with Crippen molar-refractivity contribution in [2.24, 2.45) is 0 Å². The van der Waals surface area contributed by atoms with E-state index in [0.717, 1.165) is 36.6 Å². The minimum absolute atomic E-state index is 0.0401. The first-order chi connectivity index (χ1) is 13.8. The molecule has 2 fully saturated rings. The molecule has 9 nitrogen and oxygen atoms in total. The molecule has 2 aliphatic rings. The Balaban J connectivity index is 1.50. The second-order valence-corrected chi connectivity index (χ2v) is 8.16. The van der Waals surface area contributed by atoms with Crippen LogP contribution < -0.4 is 10.5 Å². The fraction of sp³-hybridized carbons (Fsp3) is 0.550. The lowest BCUT2D eigenvalue weighted by Gasteiger charge is -2.38. The van der Waals surface area contributed by atoms with Gasteiger partial charge in [-0.3, -0.25) is 9.59 Å². The first kappa shape index (κ1) is 19.5. The van der Waals surface area contributed by atoms with Gasteiger partial charge in [-0.2, -0.15) is 0 Å². The second kappa shape index (κ2) is 7.55. The van der Waals surface area contributed by atoms with Gasteiger partial charge in [0.1, 0.15) is 11.6 Å². The number of rotatable bonds is 4. The summed E-state index contributed by atoms with van der Waals surface area (Å²) in [5.74, 6) is 1.58. The van der Waals surface area contributed by atoms with Crippen LogP contribution in [0, 0.1) is 13.8 Å². The smallest absolute Gasteiger partial charge is 0.291 e. The Morgan fingerprint density at radius 3 is 2.62 bits per heavy atom. The molecule has 0 unspecified atom stereocenters. The van der Waals surface area contributed by atoms with E-state index in [1.165, 1.54) is 12.3 Å². The van der Waals surface area contributed by atoms with Gasteiger partial charge in [-0.15, -0.1) is 0 Å². The molecule has 9 heteroatoms. The van der Waals surface area contributed by atoms with Crippen molar-refractivity contribution >= 4 is 11.7 Å². The predicted octanol–water partition coefficient (Wildman–Crippen LogP) is 0.557. The van der Waals surface area contributed by atoms with Crippen molar-refractivity contribution in [2.45, 2.75) is 32.2 Å². The Labute approximate surface area is 169 Å². The van der Waals surface area contributed by atoms with Crippen LogP contribution in [0.5, 0.6) is 0 Å². The molecule has 1 N–H and O–H groups in total. The van der Waals surface area contributed by atoms with Gasteiger partial charge in [0.2, 0.25) is 5.82 Å². The number of aromatic nitrogens is 4. The number of anilines is 1. The number of H-pyrrole nitrogens is 1. The van der Waals surface area contributed by atoms with Gasteiger partial charge in [0.25, 0.3) is 11.5 Å². The number of likely N-dealkylation sites (N-methyl/N-ethyl adjacent to an activating group) is 1. The van der Waals surface area contributed by atoms with E-state index in [2.05, 4.69) is 43.8 Å². The van der Waals surface area contributed by atoms with Crippen LogP contribution in [0.1, 0.15) is 40.0 Å². The number of aromatic amines is 1. The molecule has 0 saturated carbocycles. The van der Waals surface area contributed by atoms with Crippen molar-refractivity contribution in [1.82, 2.24) is 29.7 Å². The average Bonchev–Trinajstić information content (AvgIpc) is 3.13. The van der Waals surface area contributed by atoms with Gasteiger partial charge in [-0.1, -0.05) is 0 Å². The molecule has 0 aliphatic carbocycles. The Bertz CT molecular complexity index is 981. The average molecular weight is 397 g/mol. The number of aryl methyl sites for hydroxylation is 1. The number of nitrogens with zero attached hydrogens (tertiary/aromatic N) is 6. The van der Waals surface area contributed by atoms with Gasteiger partial charge in [0.15, 0.2) is 0 Å². The molecule has 0 radical (unpaired) electrons. The third kappa shape index (κ3) is 3.74. The zero-order valence-corrected chi connectivity index (χ0v) is 17.3. The van der Waals surface area contributed by atoms with Crippen molar-refractivity contribution in [3.63, 3.8) is 0 Å². The second-order valence-electron chi connectivity index (χ2n) is 8.16. The third-order valence-electron chi connectivity index (χ3n) is 5.99. The molecule has 1 amide bonds. The zero-order valence-electron chi connectivity index (χ0n) is 17.3. The summed E-state index contributed by atoms with van der Waals surface area (Å²) in [5, 5.41) is 0. The predicted molar refractivity (Wildman–Crippen MR) is 109 cm³/mol. The third-order valence-corrected chi connectivity index (χ3v) is 5.99. The van der Waals surface area contributed by atoms with E-state index < -0.39 is 0 Å². The summed E-state index contributed by atoms with van der Waals surface area (Å²) < 4.78 is 0. The molecule has 0 spiro atoms. The largest absolute Gasteiger partial charge is 0.355 e. The molecule has 154 valence electrons. The highest BCUT2D eigenvalue weighted by molar-refractivity contribution is 5.91. The molecule has 29 heavy (non-hydrogen) atoms. The Morgan fingerprint density at radius 1 is 1.21 bits per heavy atom. The van der Waals surface area contributed by atoms with Crippen molar-refractivity contribution in [3.05, 3.63) is 45.5 Å². The van der Waals surface area contributed by atoms with Crippen LogP contribution in [0.2, 0.25) is 0 Å².